The molecular weight excluding hydrogens is 291 g/mol. The van der Waals surface area contributed by atoms with E-state index in [1.165, 1.54) is 25.0 Å². The number of fused-ring (bicyclic) bond motifs is 1. The summed E-state index contributed by atoms with van der Waals surface area (Å²) in [7, 11) is 0. The van der Waals surface area contributed by atoms with Gasteiger partial charge in [-0.25, -0.2) is 13.9 Å². The van der Waals surface area contributed by atoms with Crippen molar-refractivity contribution < 1.29 is 4.39 Å². The monoisotopic (exact) mass is 310 g/mol. The SMILES string of the molecule is C#C.Fc1ccccc1.c1cn2nc(N3CCCC3)ccc2n1. The third-order valence-electron chi connectivity index (χ3n) is 3.40. The third-order valence-corrected chi connectivity index (χ3v) is 3.40. The molecule has 1 saturated heterocycles. The average molecular weight is 310 g/mol. The number of rotatable bonds is 1. The molecule has 0 radical (unpaired) electrons. The van der Waals surface area contributed by atoms with Crippen molar-refractivity contribution in [3.05, 3.63) is 60.7 Å². The van der Waals surface area contributed by atoms with Crippen LogP contribution in [-0.2, 0) is 0 Å². The molecule has 0 saturated carbocycles. The Bertz CT molecular complexity index is 730. The fourth-order valence-corrected chi connectivity index (χ4v) is 2.33. The van der Waals surface area contributed by atoms with Gasteiger partial charge in [-0.2, -0.15) is 0 Å². The maximum Gasteiger partial charge on any atom is 0.153 e. The number of hydrogen-bond acceptors (Lipinski definition) is 3. The van der Waals surface area contributed by atoms with Gasteiger partial charge in [-0.3, -0.25) is 0 Å². The molecule has 3 aromatic rings. The molecule has 0 aliphatic carbocycles. The van der Waals surface area contributed by atoms with Crippen LogP contribution in [0, 0.1) is 18.7 Å². The highest BCUT2D eigenvalue weighted by Gasteiger charge is 2.13. The summed E-state index contributed by atoms with van der Waals surface area (Å²) >= 11 is 0. The fourth-order valence-electron chi connectivity index (χ4n) is 2.33. The molecule has 118 valence electrons. The lowest BCUT2D eigenvalue weighted by molar-refractivity contribution is 0.628. The standard InChI is InChI=1S/C10H12N4.C6H5F.C2H2/c1-2-7-13(6-1)10-4-3-9-11-5-8-14(9)12-10;7-6-4-2-1-3-5-6;1-2/h3-5,8H,1-2,6-7H2;1-5H;1-2H. The second-order valence-corrected chi connectivity index (χ2v) is 4.91. The molecule has 1 fully saturated rings. The van der Waals surface area contributed by atoms with E-state index in [2.05, 4.69) is 27.8 Å². The number of anilines is 1. The van der Waals surface area contributed by atoms with Gasteiger partial charge in [-0.1, -0.05) is 18.2 Å². The Kier molecular flexibility index (Phi) is 6.13. The van der Waals surface area contributed by atoms with Crippen molar-refractivity contribution in [1.82, 2.24) is 14.6 Å². The molecule has 0 atom stereocenters. The third kappa shape index (κ3) is 4.55. The van der Waals surface area contributed by atoms with Gasteiger partial charge in [0.15, 0.2) is 5.65 Å². The number of aromatic nitrogens is 3. The van der Waals surface area contributed by atoms with E-state index in [1.54, 1.807) is 24.4 Å². The van der Waals surface area contributed by atoms with Gasteiger partial charge < -0.3 is 4.90 Å². The number of terminal acetylenes is 1. The highest BCUT2D eigenvalue weighted by molar-refractivity contribution is 5.46. The summed E-state index contributed by atoms with van der Waals surface area (Å²) in [6.45, 7) is 2.26. The van der Waals surface area contributed by atoms with Crippen LogP contribution in [0.5, 0.6) is 0 Å². The van der Waals surface area contributed by atoms with Crippen molar-refractivity contribution >= 4 is 11.5 Å². The summed E-state index contributed by atoms with van der Waals surface area (Å²) in [5, 5.41) is 4.50. The molecule has 4 nitrogen and oxygen atoms in total. The molecule has 0 amide bonds. The Hall–Kier alpha value is -2.87. The molecule has 2 aromatic heterocycles. The van der Waals surface area contributed by atoms with Crippen LogP contribution in [0.4, 0.5) is 10.2 Å². The van der Waals surface area contributed by atoms with Crippen molar-refractivity contribution in [1.29, 1.82) is 0 Å². The highest BCUT2D eigenvalue weighted by atomic mass is 19.1. The first-order chi connectivity index (χ1) is 11.3. The number of benzene rings is 1. The molecule has 3 heterocycles. The number of nitrogens with zero attached hydrogens (tertiary/aromatic N) is 4. The van der Waals surface area contributed by atoms with Crippen molar-refractivity contribution in [2.75, 3.05) is 18.0 Å². The predicted octanol–water partition coefficient (Wildman–Crippen LogP) is 3.40. The topological polar surface area (TPSA) is 33.4 Å². The van der Waals surface area contributed by atoms with Gasteiger partial charge in [0, 0.05) is 25.5 Å². The molecule has 23 heavy (non-hydrogen) atoms. The zero-order valence-electron chi connectivity index (χ0n) is 12.8. The number of halogens is 1. The fraction of sp³-hybridized carbons (Fsp3) is 0.222. The van der Waals surface area contributed by atoms with Crippen LogP contribution in [0.2, 0.25) is 0 Å². The van der Waals surface area contributed by atoms with E-state index in [4.69, 9.17) is 0 Å². The maximum atomic E-state index is 11.9. The first-order valence-corrected chi connectivity index (χ1v) is 7.42. The quantitative estimate of drug-likeness (QED) is 0.646. The Balaban J connectivity index is 0.000000181. The van der Waals surface area contributed by atoms with E-state index in [0.29, 0.717) is 0 Å². The second-order valence-electron chi connectivity index (χ2n) is 4.91. The molecule has 0 unspecified atom stereocenters. The van der Waals surface area contributed by atoms with Crippen LogP contribution >= 0.6 is 0 Å². The Morgan fingerprint density at radius 3 is 2.26 bits per heavy atom. The minimum atomic E-state index is -0.178. The lowest BCUT2D eigenvalue weighted by Crippen LogP contribution is -2.19. The van der Waals surface area contributed by atoms with Gasteiger partial charge >= 0.3 is 0 Å². The summed E-state index contributed by atoms with van der Waals surface area (Å²) < 4.78 is 13.7. The second kappa shape index (κ2) is 8.54. The molecule has 1 aliphatic heterocycles. The maximum absolute atomic E-state index is 11.9. The normalized spacial score (nSPS) is 12.9. The van der Waals surface area contributed by atoms with Gasteiger partial charge in [-0.15, -0.1) is 17.9 Å². The van der Waals surface area contributed by atoms with E-state index in [1.807, 2.05) is 22.8 Å². The van der Waals surface area contributed by atoms with Crippen LogP contribution in [0.25, 0.3) is 5.65 Å². The molecule has 0 bridgehead atoms. The van der Waals surface area contributed by atoms with E-state index >= 15 is 0 Å². The van der Waals surface area contributed by atoms with Crippen LogP contribution in [0.3, 0.4) is 0 Å². The van der Waals surface area contributed by atoms with Crippen LogP contribution < -0.4 is 4.90 Å². The van der Waals surface area contributed by atoms with Crippen molar-refractivity contribution in [2.24, 2.45) is 0 Å². The van der Waals surface area contributed by atoms with Gasteiger partial charge in [-0.05, 0) is 37.1 Å². The van der Waals surface area contributed by atoms with Crippen LogP contribution in [0.15, 0.2) is 54.9 Å². The summed E-state index contributed by atoms with van der Waals surface area (Å²) in [6.07, 6.45) is 14.2. The van der Waals surface area contributed by atoms with E-state index in [-0.39, 0.29) is 5.82 Å². The van der Waals surface area contributed by atoms with Gasteiger partial charge in [0.25, 0.3) is 0 Å². The van der Waals surface area contributed by atoms with Crippen molar-refractivity contribution in [2.45, 2.75) is 12.8 Å². The Morgan fingerprint density at radius 1 is 0.957 bits per heavy atom. The lowest BCUT2D eigenvalue weighted by Gasteiger charge is -2.15. The first-order valence-electron chi connectivity index (χ1n) is 7.42. The van der Waals surface area contributed by atoms with Gasteiger partial charge in [0.2, 0.25) is 0 Å². The van der Waals surface area contributed by atoms with E-state index in [0.717, 1.165) is 24.6 Å². The van der Waals surface area contributed by atoms with Crippen molar-refractivity contribution in [3.63, 3.8) is 0 Å². The minimum Gasteiger partial charge on any atom is -0.355 e. The Morgan fingerprint density at radius 2 is 1.65 bits per heavy atom. The van der Waals surface area contributed by atoms with E-state index in [9.17, 15) is 4.39 Å². The smallest absolute Gasteiger partial charge is 0.153 e. The first kappa shape index (κ1) is 16.5. The molecule has 0 spiro atoms. The highest BCUT2D eigenvalue weighted by Crippen LogP contribution is 2.17. The zero-order valence-corrected chi connectivity index (χ0v) is 12.8. The lowest BCUT2D eigenvalue weighted by atomic mass is 10.4. The molecule has 5 heteroatoms. The number of imidazole rings is 1. The molecule has 4 rings (SSSR count). The van der Waals surface area contributed by atoms with Gasteiger partial charge in [0.05, 0.1) is 0 Å². The zero-order chi connectivity index (χ0) is 16.5. The Labute approximate surface area is 135 Å². The molecule has 1 aromatic carbocycles. The summed E-state index contributed by atoms with van der Waals surface area (Å²) in [6, 6.07) is 12.0. The summed E-state index contributed by atoms with van der Waals surface area (Å²) in [5.41, 5.74) is 0.910. The number of hydrogen-bond donors (Lipinski definition) is 0. The summed E-state index contributed by atoms with van der Waals surface area (Å²) in [4.78, 5) is 6.49. The molecule has 1 aliphatic rings. The van der Waals surface area contributed by atoms with Crippen molar-refractivity contribution in [3.8, 4) is 12.8 Å². The average Bonchev–Trinajstić information content (AvgIpc) is 3.29. The summed E-state index contributed by atoms with van der Waals surface area (Å²) in [5.74, 6) is 0.885. The molecule has 0 N–H and O–H groups in total. The van der Waals surface area contributed by atoms with Gasteiger partial charge in [0.1, 0.15) is 11.6 Å². The molecular formula is C18H19FN4. The van der Waals surface area contributed by atoms with Crippen LogP contribution in [0.1, 0.15) is 12.8 Å². The largest absolute Gasteiger partial charge is 0.355 e. The predicted molar refractivity (Wildman–Crippen MR) is 90.7 cm³/mol. The minimum absolute atomic E-state index is 0.178. The van der Waals surface area contributed by atoms with Crippen LogP contribution in [-0.4, -0.2) is 27.7 Å². The van der Waals surface area contributed by atoms with E-state index < -0.39 is 0 Å².